The predicted octanol–water partition coefficient (Wildman–Crippen LogP) is 4.01. The minimum atomic E-state index is -3.79. The van der Waals surface area contributed by atoms with Crippen LogP contribution in [0.3, 0.4) is 0 Å². The molecule has 0 spiro atoms. The lowest BCUT2D eigenvalue weighted by Gasteiger charge is -2.28. The third-order valence-corrected chi connectivity index (χ3v) is 7.18. The minimum absolute atomic E-state index is 0.302. The highest BCUT2D eigenvalue weighted by Gasteiger charge is 2.19. The minimum Gasteiger partial charge on any atom is -0.372 e. The number of piperidine rings is 1. The zero-order valence-electron chi connectivity index (χ0n) is 15.7. The van der Waals surface area contributed by atoms with Crippen molar-refractivity contribution in [3.05, 3.63) is 45.6 Å². The Hall–Kier alpha value is -1.77. The number of anilines is 2. The van der Waals surface area contributed by atoms with Gasteiger partial charge in [0.2, 0.25) is 15.9 Å². The molecule has 1 fully saturated rings. The Bertz CT molecular complexity index is 907. The summed E-state index contributed by atoms with van der Waals surface area (Å²) in [6, 6.07) is 10.5. The van der Waals surface area contributed by atoms with Crippen LogP contribution in [0.2, 0.25) is 4.34 Å². The molecule has 1 unspecified atom stereocenters. The molecule has 28 heavy (non-hydrogen) atoms. The average molecular weight is 442 g/mol. The molecule has 1 aliphatic heterocycles. The quantitative estimate of drug-likeness (QED) is 0.680. The number of carbonyl (C=O) groups excluding carboxylic acids is 1. The van der Waals surface area contributed by atoms with Gasteiger partial charge in [-0.25, -0.2) is 8.42 Å². The van der Waals surface area contributed by atoms with Crippen molar-refractivity contribution < 1.29 is 13.2 Å². The van der Waals surface area contributed by atoms with Gasteiger partial charge in [-0.05, 0) is 62.6 Å². The van der Waals surface area contributed by atoms with E-state index in [0.717, 1.165) is 23.7 Å². The van der Waals surface area contributed by atoms with Gasteiger partial charge in [0.05, 0.1) is 10.4 Å². The van der Waals surface area contributed by atoms with E-state index in [9.17, 15) is 13.2 Å². The molecule has 0 aliphatic carbocycles. The van der Waals surface area contributed by atoms with Crippen LogP contribution in [0.25, 0.3) is 0 Å². The van der Waals surface area contributed by atoms with Crippen molar-refractivity contribution in [3.8, 4) is 0 Å². The molecule has 1 aromatic carbocycles. The number of benzene rings is 1. The van der Waals surface area contributed by atoms with E-state index in [1.165, 1.54) is 30.6 Å². The van der Waals surface area contributed by atoms with Crippen LogP contribution in [0, 0.1) is 0 Å². The average Bonchev–Trinajstić information content (AvgIpc) is 3.09. The number of rotatable bonds is 7. The van der Waals surface area contributed by atoms with E-state index in [4.69, 9.17) is 11.6 Å². The lowest BCUT2D eigenvalue weighted by atomic mass is 10.1. The van der Waals surface area contributed by atoms with Crippen LogP contribution in [-0.2, 0) is 14.8 Å². The van der Waals surface area contributed by atoms with Crippen molar-refractivity contribution in [3.63, 3.8) is 0 Å². The molecule has 3 rings (SSSR count). The first-order valence-corrected chi connectivity index (χ1v) is 12.1. The maximum atomic E-state index is 12.3. The number of hydrogen-bond donors (Lipinski definition) is 2. The number of hydrogen-bond acceptors (Lipinski definition) is 5. The van der Waals surface area contributed by atoms with Crippen molar-refractivity contribution in [1.82, 2.24) is 5.32 Å². The van der Waals surface area contributed by atoms with E-state index in [0.29, 0.717) is 10.0 Å². The summed E-state index contributed by atoms with van der Waals surface area (Å²) in [5, 5.41) is 2.69. The third-order valence-electron chi connectivity index (χ3n) is 4.58. The topological polar surface area (TPSA) is 78.5 Å². The van der Waals surface area contributed by atoms with Crippen LogP contribution < -0.4 is 14.9 Å². The number of carbonyl (C=O) groups is 1. The van der Waals surface area contributed by atoms with Crippen LogP contribution >= 0.6 is 22.9 Å². The van der Waals surface area contributed by atoms with E-state index in [1.807, 2.05) is 18.2 Å². The van der Waals surface area contributed by atoms with Crippen molar-refractivity contribution in [2.24, 2.45) is 0 Å². The summed E-state index contributed by atoms with van der Waals surface area (Å²) in [6.45, 7) is 3.84. The van der Waals surface area contributed by atoms with Gasteiger partial charge in [-0.1, -0.05) is 11.6 Å². The van der Waals surface area contributed by atoms with Crippen LogP contribution in [0.15, 0.2) is 36.4 Å². The van der Waals surface area contributed by atoms with Gasteiger partial charge < -0.3 is 10.2 Å². The molecule has 1 saturated heterocycles. The fourth-order valence-electron chi connectivity index (χ4n) is 3.20. The predicted molar refractivity (Wildman–Crippen MR) is 116 cm³/mol. The summed E-state index contributed by atoms with van der Waals surface area (Å²) in [7, 11) is -3.79. The molecule has 0 radical (unpaired) electrons. The van der Waals surface area contributed by atoms with Gasteiger partial charge in [-0.2, -0.15) is 0 Å². The van der Waals surface area contributed by atoms with Crippen LogP contribution in [-0.4, -0.2) is 33.2 Å². The second-order valence-corrected chi connectivity index (χ2v) is 10.4. The Labute approximate surface area is 174 Å². The van der Waals surface area contributed by atoms with E-state index in [1.54, 1.807) is 25.1 Å². The summed E-state index contributed by atoms with van der Waals surface area (Å²) in [5.41, 5.74) is 1.54. The number of amides is 1. The van der Waals surface area contributed by atoms with Crippen molar-refractivity contribution in [2.75, 3.05) is 28.5 Å². The van der Waals surface area contributed by atoms with E-state index in [2.05, 4.69) is 14.9 Å². The van der Waals surface area contributed by atoms with Gasteiger partial charge >= 0.3 is 0 Å². The van der Waals surface area contributed by atoms with E-state index >= 15 is 0 Å². The summed E-state index contributed by atoms with van der Waals surface area (Å²) in [5.74, 6) is -1.20. The van der Waals surface area contributed by atoms with Gasteiger partial charge in [-0.15, -0.1) is 11.3 Å². The van der Waals surface area contributed by atoms with E-state index in [-0.39, 0.29) is 6.04 Å². The zero-order valence-corrected chi connectivity index (χ0v) is 18.0. The number of sulfonamides is 1. The Morgan fingerprint density at radius 2 is 1.82 bits per heavy atom. The molecule has 9 heteroatoms. The Kier molecular flexibility index (Phi) is 6.85. The molecule has 2 aromatic rings. The third kappa shape index (κ3) is 5.86. The first-order valence-electron chi connectivity index (χ1n) is 9.22. The molecule has 2 N–H and O–H groups in total. The fraction of sp³-hybridized carbons (Fsp3) is 0.421. The zero-order chi connectivity index (χ0) is 20.1. The second-order valence-electron chi connectivity index (χ2n) is 6.89. The molecular formula is C19H24ClN3O3S2. The van der Waals surface area contributed by atoms with Gasteiger partial charge in [0.15, 0.2) is 0 Å². The first-order chi connectivity index (χ1) is 13.3. The highest BCUT2D eigenvalue weighted by Crippen LogP contribution is 2.26. The molecular weight excluding hydrogens is 418 g/mol. The van der Waals surface area contributed by atoms with Crippen molar-refractivity contribution in [1.29, 1.82) is 0 Å². The lowest BCUT2D eigenvalue weighted by molar-refractivity contribution is -0.119. The standard InChI is InChI=1S/C19H24ClN3O3S2/c1-14(17-9-10-18(20)27-17)21-19(24)13-28(25,26)22-15-5-7-16(8-6-15)23-11-3-2-4-12-23/h5-10,14,22H,2-4,11-13H2,1H3,(H,21,24). The molecule has 2 heterocycles. The number of nitrogens with zero attached hydrogens (tertiary/aromatic N) is 1. The summed E-state index contributed by atoms with van der Waals surface area (Å²) >= 11 is 7.25. The monoisotopic (exact) mass is 441 g/mol. The molecule has 1 aliphatic rings. The molecule has 152 valence electrons. The fourth-order valence-corrected chi connectivity index (χ4v) is 5.26. The summed E-state index contributed by atoms with van der Waals surface area (Å²) < 4.78 is 27.7. The second kappa shape index (κ2) is 9.15. The van der Waals surface area contributed by atoms with Crippen LogP contribution in [0.1, 0.15) is 37.1 Å². The number of nitrogens with one attached hydrogen (secondary N) is 2. The molecule has 1 amide bonds. The molecule has 6 nitrogen and oxygen atoms in total. The maximum Gasteiger partial charge on any atom is 0.241 e. The first kappa shape index (κ1) is 21.0. The van der Waals surface area contributed by atoms with Crippen LogP contribution in [0.4, 0.5) is 11.4 Å². The highest BCUT2D eigenvalue weighted by atomic mass is 35.5. The normalized spacial score (nSPS) is 15.9. The molecule has 0 bridgehead atoms. The van der Waals surface area contributed by atoms with Gasteiger partial charge in [0, 0.05) is 29.3 Å². The Balaban J connectivity index is 1.54. The lowest BCUT2D eigenvalue weighted by Crippen LogP contribution is -2.34. The summed E-state index contributed by atoms with van der Waals surface area (Å²) in [6.07, 6.45) is 3.62. The highest BCUT2D eigenvalue weighted by molar-refractivity contribution is 7.93. The Morgan fingerprint density at radius 3 is 2.43 bits per heavy atom. The maximum absolute atomic E-state index is 12.3. The molecule has 1 atom stereocenters. The Morgan fingerprint density at radius 1 is 1.14 bits per heavy atom. The SMILES string of the molecule is CC(NC(=O)CS(=O)(=O)Nc1ccc(N2CCCCC2)cc1)c1ccc(Cl)s1. The molecule has 0 saturated carbocycles. The van der Waals surface area contributed by atoms with Gasteiger partial charge in [0.25, 0.3) is 0 Å². The number of thiophene rings is 1. The largest absolute Gasteiger partial charge is 0.372 e. The summed E-state index contributed by atoms with van der Waals surface area (Å²) in [4.78, 5) is 15.3. The molecule has 1 aromatic heterocycles. The van der Waals surface area contributed by atoms with Crippen molar-refractivity contribution in [2.45, 2.75) is 32.2 Å². The van der Waals surface area contributed by atoms with E-state index < -0.39 is 21.7 Å². The van der Waals surface area contributed by atoms with Crippen molar-refractivity contribution >= 4 is 50.2 Å². The van der Waals surface area contributed by atoms with Crippen LogP contribution in [0.5, 0.6) is 0 Å². The van der Waals surface area contributed by atoms with Gasteiger partial charge in [-0.3, -0.25) is 9.52 Å². The number of halogens is 1. The smallest absolute Gasteiger partial charge is 0.241 e. The van der Waals surface area contributed by atoms with Gasteiger partial charge in [0.1, 0.15) is 5.75 Å².